The fourth-order valence-corrected chi connectivity index (χ4v) is 3.76. The number of anilines is 1. The molecule has 4 aromatic rings. The number of hydrogen-bond donors (Lipinski definition) is 3. The predicted octanol–water partition coefficient (Wildman–Crippen LogP) is 2.30. The number of aromatic nitrogens is 5. The summed E-state index contributed by atoms with van der Waals surface area (Å²) in [5.74, 6) is 6.60. The minimum atomic E-state index is -1.24. The first-order valence-electron chi connectivity index (χ1n) is 11.4. The normalized spacial score (nSPS) is 13.3. The van der Waals surface area contributed by atoms with Gasteiger partial charge in [-0.15, -0.1) is 0 Å². The van der Waals surface area contributed by atoms with Crippen LogP contribution >= 0.6 is 0 Å². The number of hydrogen-bond acceptors (Lipinski definition) is 10. The minimum absolute atomic E-state index is 0.114. The fourth-order valence-electron chi connectivity index (χ4n) is 3.76. The lowest BCUT2D eigenvalue weighted by Crippen LogP contribution is -2.36. The van der Waals surface area contributed by atoms with E-state index < -0.39 is 17.7 Å². The van der Waals surface area contributed by atoms with Crippen LogP contribution in [0.1, 0.15) is 38.1 Å². The second-order valence-corrected chi connectivity index (χ2v) is 8.73. The largest absolute Gasteiger partial charge is 0.468 e. The summed E-state index contributed by atoms with van der Waals surface area (Å²) >= 11 is 0. The molecule has 0 unspecified atom stereocenters. The highest BCUT2D eigenvalue weighted by atomic mass is 16.6. The number of nitrogen functional groups attached to an aromatic ring is 1. The van der Waals surface area contributed by atoms with Crippen LogP contribution in [0.2, 0.25) is 0 Å². The van der Waals surface area contributed by atoms with Crippen LogP contribution in [-0.4, -0.2) is 55.3 Å². The first-order valence-corrected chi connectivity index (χ1v) is 11.4. The number of nitrogens with two attached hydrogens (primary N) is 2. The summed E-state index contributed by atoms with van der Waals surface area (Å²) in [6, 6.07) is 10.9. The van der Waals surface area contributed by atoms with E-state index >= 15 is 0 Å². The van der Waals surface area contributed by atoms with Crippen LogP contribution in [0, 0.1) is 11.8 Å². The van der Waals surface area contributed by atoms with Crippen molar-refractivity contribution in [1.82, 2.24) is 24.8 Å². The van der Waals surface area contributed by atoms with E-state index in [9.17, 15) is 5.11 Å². The smallest absolute Gasteiger partial charge is 0.217 e. The zero-order valence-corrected chi connectivity index (χ0v) is 20.6. The highest BCUT2D eigenvalue weighted by molar-refractivity contribution is 5.86. The molecule has 11 heteroatoms. The zero-order chi connectivity index (χ0) is 25.9. The molecule has 0 radical (unpaired) electrons. The molecule has 11 nitrogen and oxygen atoms in total. The van der Waals surface area contributed by atoms with Crippen molar-refractivity contribution in [3.63, 3.8) is 0 Å². The molecule has 0 aliphatic rings. The highest BCUT2D eigenvalue weighted by Crippen LogP contribution is 2.31. The molecule has 0 saturated carbocycles. The molecular formula is C25H29N7O4. The Kier molecular flexibility index (Phi) is 7.21. The van der Waals surface area contributed by atoms with Gasteiger partial charge in [-0.1, -0.05) is 36.3 Å². The molecule has 36 heavy (non-hydrogen) atoms. The van der Waals surface area contributed by atoms with Gasteiger partial charge in [-0.3, -0.25) is 0 Å². The first-order chi connectivity index (χ1) is 17.2. The second-order valence-electron chi connectivity index (χ2n) is 8.73. The van der Waals surface area contributed by atoms with Crippen LogP contribution in [0.5, 0.6) is 5.88 Å². The monoisotopic (exact) mass is 491 g/mol. The van der Waals surface area contributed by atoms with Crippen molar-refractivity contribution < 1.29 is 19.2 Å². The second kappa shape index (κ2) is 10.3. The topological polar surface area (TPSA) is 160 Å². The molecule has 0 bridgehead atoms. The molecule has 2 atom stereocenters. The molecular weight excluding hydrogens is 462 g/mol. The van der Waals surface area contributed by atoms with Crippen LogP contribution < -0.4 is 16.2 Å². The van der Waals surface area contributed by atoms with Crippen molar-refractivity contribution >= 4 is 16.9 Å². The third-order valence-electron chi connectivity index (χ3n) is 5.37. The highest BCUT2D eigenvalue weighted by Gasteiger charge is 2.25. The Morgan fingerprint density at radius 3 is 2.56 bits per heavy atom. The number of imidazole rings is 1. The van der Waals surface area contributed by atoms with Crippen LogP contribution in [0.4, 0.5) is 5.82 Å². The van der Waals surface area contributed by atoms with Crippen LogP contribution in [0.15, 0.2) is 41.0 Å². The molecule has 0 fully saturated rings. The van der Waals surface area contributed by atoms with Gasteiger partial charge in [0.25, 0.3) is 0 Å². The summed E-state index contributed by atoms with van der Waals surface area (Å²) in [6.07, 6.45) is -0.543. The standard InChI is InChI=1S/C25H29N7O4/c1-5-32-18-13-19(35-22(16(26)14-34-4)15-9-7-6-8-10-15)28-17(11-12-25(2,3)33)20(18)29-24(32)21-23(27)31-36-30-21/h6-10,13,16,22,33H,5,14,26H2,1-4H3,(H2,27,31)/t16-,22-/m0/s1. The number of aliphatic hydroxyl groups is 1. The van der Waals surface area contributed by atoms with Gasteiger partial charge in [0.2, 0.25) is 5.88 Å². The van der Waals surface area contributed by atoms with Crippen molar-refractivity contribution in [3.05, 3.63) is 47.7 Å². The summed E-state index contributed by atoms with van der Waals surface area (Å²) in [5, 5.41) is 17.8. The lowest BCUT2D eigenvalue weighted by Gasteiger charge is -2.24. The fraction of sp³-hybridized carbons (Fsp3) is 0.360. The summed E-state index contributed by atoms with van der Waals surface area (Å²) in [5.41, 5.74) is 13.8. The maximum absolute atomic E-state index is 10.2. The van der Waals surface area contributed by atoms with Gasteiger partial charge in [0.05, 0.1) is 18.2 Å². The lowest BCUT2D eigenvalue weighted by molar-refractivity contribution is 0.0997. The Bertz CT molecular complexity index is 1400. The Labute approximate surface area is 208 Å². The van der Waals surface area contributed by atoms with Crippen molar-refractivity contribution in [2.24, 2.45) is 5.73 Å². The van der Waals surface area contributed by atoms with E-state index in [0.29, 0.717) is 34.8 Å². The summed E-state index contributed by atoms with van der Waals surface area (Å²) in [4.78, 5) is 9.34. The number of benzene rings is 1. The average molecular weight is 492 g/mol. The predicted molar refractivity (Wildman–Crippen MR) is 134 cm³/mol. The molecule has 188 valence electrons. The van der Waals surface area contributed by atoms with Crippen molar-refractivity contribution in [2.75, 3.05) is 19.5 Å². The van der Waals surface area contributed by atoms with E-state index in [1.807, 2.05) is 41.8 Å². The SMILES string of the molecule is CCn1c(-c2nonc2N)nc2c(C#CC(C)(C)O)nc(O[C@@H](c3ccccc3)[C@@H](N)COC)cc21. The van der Waals surface area contributed by atoms with Crippen molar-refractivity contribution in [1.29, 1.82) is 0 Å². The number of rotatable bonds is 8. The number of ether oxygens (including phenoxy) is 2. The van der Waals surface area contributed by atoms with Crippen LogP contribution in [0.3, 0.4) is 0 Å². The Balaban J connectivity index is 1.90. The summed E-state index contributed by atoms with van der Waals surface area (Å²) < 4.78 is 18.3. The van der Waals surface area contributed by atoms with Crippen LogP contribution in [0.25, 0.3) is 22.6 Å². The minimum Gasteiger partial charge on any atom is -0.468 e. The van der Waals surface area contributed by atoms with E-state index in [4.69, 9.17) is 30.6 Å². The molecule has 5 N–H and O–H groups in total. The molecule has 3 aromatic heterocycles. The van der Waals surface area contributed by atoms with E-state index in [0.717, 1.165) is 5.56 Å². The molecule has 0 saturated heterocycles. The zero-order valence-electron chi connectivity index (χ0n) is 20.6. The van der Waals surface area contributed by atoms with Gasteiger partial charge in [-0.25, -0.2) is 14.6 Å². The Morgan fingerprint density at radius 2 is 1.94 bits per heavy atom. The van der Waals surface area contributed by atoms with Gasteiger partial charge in [0.15, 0.2) is 17.3 Å². The van der Waals surface area contributed by atoms with Gasteiger partial charge < -0.3 is 30.6 Å². The summed E-state index contributed by atoms with van der Waals surface area (Å²) in [6.45, 7) is 5.95. The van der Waals surface area contributed by atoms with Crippen molar-refractivity contribution in [3.8, 4) is 29.2 Å². The molecule has 0 spiro atoms. The van der Waals surface area contributed by atoms with Crippen molar-refractivity contribution in [2.45, 2.75) is 45.1 Å². The molecule has 3 heterocycles. The van der Waals surface area contributed by atoms with Crippen LogP contribution in [-0.2, 0) is 11.3 Å². The number of pyridine rings is 1. The van der Waals surface area contributed by atoms with Gasteiger partial charge in [-0.05, 0) is 42.6 Å². The van der Waals surface area contributed by atoms with E-state index in [1.54, 1.807) is 27.0 Å². The molecule has 4 rings (SSSR count). The average Bonchev–Trinajstić information content (AvgIpc) is 3.43. The molecule has 0 aliphatic carbocycles. The maximum Gasteiger partial charge on any atom is 0.217 e. The Hall–Kier alpha value is -3.98. The first kappa shape index (κ1) is 25.1. The summed E-state index contributed by atoms with van der Waals surface area (Å²) in [7, 11) is 1.59. The number of fused-ring (bicyclic) bond motifs is 1. The number of nitrogens with zero attached hydrogens (tertiary/aromatic N) is 5. The van der Waals surface area contributed by atoms with Gasteiger partial charge in [-0.2, -0.15) is 0 Å². The lowest BCUT2D eigenvalue weighted by atomic mass is 10.0. The third kappa shape index (κ3) is 5.31. The molecule has 0 amide bonds. The molecule has 1 aromatic carbocycles. The Morgan fingerprint density at radius 1 is 1.19 bits per heavy atom. The maximum atomic E-state index is 10.2. The van der Waals surface area contributed by atoms with Gasteiger partial charge >= 0.3 is 0 Å². The van der Waals surface area contributed by atoms with E-state index in [-0.39, 0.29) is 18.3 Å². The van der Waals surface area contributed by atoms with Gasteiger partial charge in [0, 0.05) is 19.7 Å². The molecule has 0 aliphatic heterocycles. The quantitative estimate of drug-likeness (QED) is 0.312. The van der Waals surface area contributed by atoms with E-state index in [1.165, 1.54) is 0 Å². The van der Waals surface area contributed by atoms with E-state index in [2.05, 4.69) is 27.1 Å². The third-order valence-corrected chi connectivity index (χ3v) is 5.37. The number of aryl methyl sites for hydroxylation is 1. The van der Waals surface area contributed by atoms with Gasteiger partial charge in [0.1, 0.15) is 22.9 Å². The number of methoxy groups -OCH3 is 1.